The minimum absolute atomic E-state index is 0.155. The first-order chi connectivity index (χ1) is 15.8. The van der Waals surface area contributed by atoms with E-state index in [9.17, 15) is 4.79 Å². The molecule has 0 spiro atoms. The predicted molar refractivity (Wildman–Crippen MR) is 128 cm³/mol. The van der Waals surface area contributed by atoms with E-state index in [2.05, 4.69) is 22.0 Å². The zero-order valence-electron chi connectivity index (χ0n) is 17.8. The van der Waals surface area contributed by atoms with Crippen LogP contribution in [0.1, 0.15) is 18.4 Å². The van der Waals surface area contributed by atoms with Gasteiger partial charge in [-0.25, -0.2) is 4.79 Å². The fourth-order valence-electron chi connectivity index (χ4n) is 4.76. The first-order valence-corrected chi connectivity index (χ1v) is 11.1. The number of likely N-dealkylation sites (tertiary alicyclic amines) is 1. The van der Waals surface area contributed by atoms with Gasteiger partial charge in [-0.3, -0.25) is 14.5 Å². The number of nitrogens with zero attached hydrogens (tertiary/aromatic N) is 3. The van der Waals surface area contributed by atoms with Crippen molar-refractivity contribution in [2.24, 2.45) is 4.99 Å². The van der Waals surface area contributed by atoms with Gasteiger partial charge in [0.2, 0.25) is 0 Å². The molecule has 6 heteroatoms. The number of hydrogen-bond acceptors (Lipinski definition) is 4. The molecule has 0 atom stereocenters. The van der Waals surface area contributed by atoms with Crippen LogP contribution in [0.3, 0.4) is 0 Å². The van der Waals surface area contributed by atoms with Crippen molar-refractivity contribution in [3.8, 4) is 22.6 Å². The zero-order chi connectivity index (χ0) is 21.5. The van der Waals surface area contributed by atoms with Crippen molar-refractivity contribution in [2.75, 3.05) is 26.2 Å². The molecule has 160 valence electrons. The predicted octanol–water partition coefficient (Wildman–Crippen LogP) is 4.52. The topological polar surface area (TPSA) is 62.6 Å². The van der Waals surface area contributed by atoms with Crippen LogP contribution in [0.4, 0.5) is 5.69 Å². The molecule has 4 aromatic rings. The number of aliphatic imine (C=N–C) groups is 1. The number of H-pyrrole nitrogens is 1. The molecule has 0 saturated carbocycles. The van der Waals surface area contributed by atoms with E-state index in [0.29, 0.717) is 6.61 Å². The Bertz CT molecular complexity index is 1380. The van der Waals surface area contributed by atoms with Crippen LogP contribution in [0, 0.1) is 0 Å². The fraction of sp³-hybridized carbons (Fsp3) is 0.231. The summed E-state index contributed by atoms with van der Waals surface area (Å²) in [5, 5.41) is 0. The molecule has 32 heavy (non-hydrogen) atoms. The lowest BCUT2D eigenvalue weighted by Gasteiger charge is -2.15. The van der Waals surface area contributed by atoms with Gasteiger partial charge < -0.3 is 9.72 Å². The highest BCUT2D eigenvalue weighted by Crippen LogP contribution is 2.38. The summed E-state index contributed by atoms with van der Waals surface area (Å²) in [6.45, 7) is 4.04. The summed E-state index contributed by atoms with van der Waals surface area (Å²) in [5.74, 6) is 0.870. The first kappa shape index (κ1) is 19.1. The van der Waals surface area contributed by atoms with Crippen molar-refractivity contribution in [3.63, 3.8) is 0 Å². The lowest BCUT2D eigenvalue weighted by Crippen LogP contribution is -2.25. The third kappa shape index (κ3) is 3.24. The van der Waals surface area contributed by atoms with Gasteiger partial charge in [0, 0.05) is 23.9 Å². The van der Waals surface area contributed by atoms with Crippen LogP contribution < -0.4 is 10.4 Å². The molecule has 0 aliphatic carbocycles. The maximum absolute atomic E-state index is 12.8. The van der Waals surface area contributed by atoms with Crippen LogP contribution in [0.2, 0.25) is 0 Å². The van der Waals surface area contributed by atoms with Gasteiger partial charge in [0.1, 0.15) is 12.4 Å². The maximum Gasteiger partial charge on any atom is 0.331 e. The molecule has 2 aliphatic heterocycles. The van der Waals surface area contributed by atoms with Crippen molar-refractivity contribution in [1.29, 1.82) is 0 Å². The number of benzene rings is 3. The lowest BCUT2D eigenvalue weighted by atomic mass is 10.0. The first-order valence-electron chi connectivity index (χ1n) is 11.1. The Labute approximate surface area is 185 Å². The van der Waals surface area contributed by atoms with Gasteiger partial charge in [-0.15, -0.1) is 0 Å². The molecule has 6 rings (SSSR count). The van der Waals surface area contributed by atoms with E-state index in [4.69, 9.17) is 9.73 Å². The third-order valence-electron chi connectivity index (χ3n) is 6.36. The summed E-state index contributed by atoms with van der Waals surface area (Å²) in [7, 11) is 0. The quantitative estimate of drug-likeness (QED) is 0.451. The minimum atomic E-state index is -0.155. The number of ether oxygens (including phenoxy) is 1. The Balaban J connectivity index is 1.33. The monoisotopic (exact) mass is 424 g/mol. The van der Waals surface area contributed by atoms with Crippen LogP contribution in [-0.2, 0) is 0 Å². The normalized spacial score (nSPS) is 15.1. The molecule has 3 heterocycles. The minimum Gasteiger partial charge on any atom is -0.492 e. The van der Waals surface area contributed by atoms with E-state index in [1.807, 2.05) is 54.7 Å². The number of aromatic amines is 1. The van der Waals surface area contributed by atoms with E-state index >= 15 is 0 Å². The summed E-state index contributed by atoms with van der Waals surface area (Å²) in [4.78, 5) is 23.0. The van der Waals surface area contributed by atoms with Crippen molar-refractivity contribution in [1.82, 2.24) is 14.5 Å². The summed E-state index contributed by atoms with van der Waals surface area (Å²) in [6, 6.07) is 19.9. The number of nitrogens with one attached hydrogen (secondary N) is 1. The average Bonchev–Trinajstić information content (AvgIpc) is 3.40. The Morgan fingerprint density at radius 2 is 1.78 bits per heavy atom. The molecule has 2 aliphatic rings. The van der Waals surface area contributed by atoms with Crippen molar-refractivity contribution in [2.45, 2.75) is 12.8 Å². The number of rotatable bonds is 5. The molecule has 0 radical (unpaired) electrons. The van der Waals surface area contributed by atoms with E-state index in [1.165, 1.54) is 25.9 Å². The van der Waals surface area contributed by atoms with Crippen LogP contribution in [-0.4, -0.2) is 46.9 Å². The van der Waals surface area contributed by atoms with Crippen LogP contribution in [0.15, 0.2) is 70.5 Å². The second kappa shape index (κ2) is 7.80. The number of aromatic nitrogens is 2. The van der Waals surface area contributed by atoms with Gasteiger partial charge >= 0.3 is 5.69 Å². The van der Waals surface area contributed by atoms with Gasteiger partial charge in [0.25, 0.3) is 0 Å². The van der Waals surface area contributed by atoms with Crippen molar-refractivity contribution in [3.05, 3.63) is 76.7 Å². The van der Waals surface area contributed by atoms with Crippen LogP contribution >= 0.6 is 0 Å². The SMILES string of the molecule is O=c1[nH]c2cccc3c2n1-c1cccc(-c2ccc(OCCN4CCCC4)cc2)c1N=C3. The second-order valence-corrected chi connectivity index (χ2v) is 8.36. The summed E-state index contributed by atoms with van der Waals surface area (Å²) in [6.07, 6.45) is 4.44. The Morgan fingerprint density at radius 3 is 2.62 bits per heavy atom. The van der Waals surface area contributed by atoms with Crippen LogP contribution in [0.25, 0.3) is 27.8 Å². The molecule has 3 aromatic carbocycles. The second-order valence-electron chi connectivity index (χ2n) is 8.36. The number of imidazole rings is 1. The summed E-state index contributed by atoms with van der Waals surface area (Å²) < 4.78 is 7.69. The van der Waals surface area contributed by atoms with E-state index in [-0.39, 0.29) is 5.69 Å². The van der Waals surface area contributed by atoms with E-state index in [0.717, 1.165) is 51.4 Å². The van der Waals surface area contributed by atoms with Gasteiger partial charge in [0.05, 0.1) is 22.4 Å². The highest BCUT2D eigenvalue weighted by molar-refractivity contribution is 6.02. The fourth-order valence-corrected chi connectivity index (χ4v) is 4.76. The maximum atomic E-state index is 12.8. The highest BCUT2D eigenvalue weighted by Gasteiger charge is 2.20. The molecule has 1 N–H and O–H groups in total. The molecular formula is C26H24N4O2. The lowest BCUT2D eigenvalue weighted by molar-refractivity contribution is 0.238. The Hall–Kier alpha value is -3.64. The van der Waals surface area contributed by atoms with Gasteiger partial charge in [-0.2, -0.15) is 0 Å². The van der Waals surface area contributed by atoms with Gasteiger partial charge in [-0.05, 0) is 55.8 Å². The smallest absolute Gasteiger partial charge is 0.331 e. The molecule has 0 bridgehead atoms. The van der Waals surface area contributed by atoms with Crippen molar-refractivity contribution >= 4 is 22.9 Å². The van der Waals surface area contributed by atoms with Crippen molar-refractivity contribution < 1.29 is 4.74 Å². The standard InChI is InChI=1S/C26H24N4O2/c31-26-28-22-7-3-5-19-17-27-24-21(6-4-8-23(24)30(26)25(19)22)18-9-11-20(12-10-18)32-16-15-29-13-1-2-14-29/h3-12,17H,1-2,13-16H2,(H,28,31). The molecule has 1 aromatic heterocycles. The number of para-hydroxylation sites is 2. The molecule has 6 nitrogen and oxygen atoms in total. The number of hydrogen-bond donors (Lipinski definition) is 1. The van der Waals surface area contributed by atoms with Gasteiger partial charge in [0.15, 0.2) is 0 Å². The van der Waals surface area contributed by atoms with Gasteiger partial charge in [-0.1, -0.05) is 36.4 Å². The van der Waals surface area contributed by atoms with Crippen LogP contribution in [0.5, 0.6) is 5.75 Å². The molecule has 0 unspecified atom stereocenters. The average molecular weight is 425 g/mol. The Kier molecular flexibility index (Phi) is 4.65. The largest absolute Gasteiger partial charge is 0.492 e. The van der Waals surface area contributed by atoms with E-state index < -0.39 is 0 Å². The van der Waals surface area contributed by atoms with E-state index in [1.54, 1.807) is 4.57 Å². The molecule has 1 saturated heterocycles. The zero-order valence-corrected chi connectivity index (χ0v) is 17.8. The molecule has 1 fully saturated rings. The summed E-state index contributed by atoms with van der Waals surface area (Å²) >= 11 is 0. The Morgan fingerprint density at radius 1 is 0.969 bits per heavy atom. The molecule has 0 amide bonds. The summed E-state index contributed by atoms with van der Waals surface area (Å²) in [5.41, 5.74) is 6.03. The third-order valence-corrected chi connectivity index (χ3v) is 6.36. The highest BCUT2D eigenvalue weighted by atomic mass is 16.5. The number of fused-ring (bicyclic) bond motifs is 2. The molecular weight excluding hydrogens is 400 g/mol.